The van der Waals surface area contributed by atoms with Crippen LogP contribution in [0.4, 0.5) is 5.69 Å². The highest BCUT2D eigenvalue weighted by molar-refractivity contribution is 6.43. The van der Waals surface area contributed by atoms with Crippen molar-refractivity contribution in [1.82, 2.24) is 5.32 Å². The molecule has 0 aliphatic heterocycles. The van der Waals surface area contributed by atoms with Gasteiger partial charge in [0.15, 0.2) is 0 Å². The number of benzene rings is 1. The zero-order chi connectivity index (χ0) is 18.4. The van der Waals surface area contributed by atoms with Crippen LogP contribution in [0.2, 0.25) is 10.0 Å². The standard InChI is InChI=1S/C18H24Cl2N2O3/c1-11-5-3-7-14(12(11)2)21-16(23)9-25-10-17(24)22-15-8-4-6-13(19)18(15)20/h4,6,8,11-12,14H,3,5,7,9-10H2,1-2H3,(H,21,23)(H,22,24)/t11-,12+,14+/m1/s1. The molecule has 5 nitrogen and oxygen atoms in total. The highest BCUT2D eigenvalue weighted by atomic mass is 35.5. The fraction of sp³-hybridized carbons (Fsp3) is 0.556. The molecule has 1 fully saturated rings. The van der Waals surface area contributed by atoms with E-state index in [0.29, 0.717) is 22.5 Å². The zero-order valence-electron chi connectivity index (χ0n) is 14.5. The number of anilines is 1. The lowest BCUT2D eigenvalue weighted by Gasteiger charge is -2.34. The minimum Gasteiger partial charge on any atom is -0.362 e. The average Bonchev–Trinajstić information content (AvgIpc) is 2.56. The van der Waals surface area contributed by atoms with Crippen molar-refractivity contribution in [2.75, 3.05) is 18.5 Å². The Morgan fingerprint density at radius 1 is 1.16 bits per heavy atom. The van der Waals surface area contributed by atoms with Gasteiger partial charge in [-0.05, 0) is 30.4 Å². The fourth-order valence-corrected chi connectivity index (χ4v) is 3.40. The second kappa shape index (κ2) is 9.41. The lowest BCUT2D eigenvalue weighted by atomic mass is 9.78. The number of carbonyl (C=O) groups is 2. The van der Waals surface area contributed by atoms with Gasteiger partial charge in [-0.15, -0.1) is 0 Å². The maximum absolute atomic E-state index is 12.0. The first-order valence-corrected chi connectivity index (χ1v) is 9.25. The van der Waals surface area contributed by atoms with E-state index in [1.807, 2.05) is 0 Å². The third-order valence-corrected chi connectivity index (χ3v) is 5.56. The third-order valence-electron chi connectivity index (χ3n) is 4.75. The summed E-state index contributed by atoms with van der Waals surface area (Å²) >= 11 is 11.9. The molecule has 0 radical (unpaired) electrons. The van der Waals surface area contributed by atoms with Gasteiger partial charge in [-0.25, -0.2) is 0 Å². The van der Waals surface area contributed by atoms with E-state index in [4.69, 9.17) is 27.9 Å². The molecule has 7 heteroatoms. The normalized spacial score (nSPS) is 23.1. The van der Waals surface area contributed by atoms with Crippen LogP contribution in [0.3, 0.4) is 0 Å². The molecular weight excluding hydrogens is 363 g/mol. The van der Waals surface area contributed by atoms with Crippen LogP contribution < -0.4 is 10.6 Å². The van der Waals surface area contributed by atoms with Crippen molar-refractivity contribution in [2.45, 2.75) is 39.2 Å². The van der Waals surface area contributed by atoms with Crippen LogP contribution in [0.5, 0.6) is 0 Å². The van der Waals surface area contributed by atoms with Crippen LogP contribution in [-0.4, -0.2) is 31.1 Å². The van der Waals surface area contributed by atoms with E-state index in [9.17, 15) is 9.59 Å². The summed E-state index contributed by atoms with van der Waals surface area (Å²) in [5.41, 5.74) is 0.414. The highest BCUT2D eigenvalue weighted by Crippen LogP contribution is 2.30. The lowest BCUT2D eigenvalue weighted by molar-refractivity contribution is -0.129. The van der Waals surface area contributed by atoms with Gasteiger partial charge in [-0.3, -0.25) is 9.59 Å². The molecule has 2 rings (SSSR count). The monoisotopic (exact) mass is 386 g/mol. The van der Waals surface area contributed by atoms with E-state index in [0.717, 1.165) is 12.8 Å². The lowest BCUT2D eigenvalue weighted by Crippen LogP contribution is -2.45. The first kappa shape index (κ1) is 20.0. The zero-order valence-corrected chi connectivity index (χ0v) is 16.0. The molecule has 2 amide bonds. The summed E-state index contributed by atoms with van der Waals surface area (Å²) < 4.78 is 5.20. The Morgan fingerprint density at radius 2 is 1.88 bits per heavy atom. The summed E-state index contributed by atoms with van der Waals surface area (Å²) in [7, 11) is 0. The first-order valence-electron chi connectivity index (χ1n) is 8.49. The number of carbonyl (C=O) groups excluding carboxylic acids is 2. The van der Waals surface area contributed by atoms with Gasteiger partial charge in [0.2, 0.25) is 11.8 Å². The number of hydrogen-bond acceptors (Lipinski definition) is 3. The van der Waals surface area contributed by atoms with E-state index < -0.39 is 5.91 Å². The molecule has 1 aromatic carbocycles. The maximum Gasteiger partial charge on any atom is 0.250 e. The molecule has 0 spiro atoms. The molecule has 0 saturated heterocycles. The minimum atomic E-state index is -0.392. The van der Waals surface area contributed by atoms with Gasteiger partial charge in [0.25, 0.3) is 0 Å². The Hall–Kier alpha value is -1.30. The van der Waals surface area contributed by atoms with Crippen molar-refractivity contribution in [3.8, 4) is 0 Å². The summed E-state index contributed by atoms with van der Waals surface area (Å²) in [5.74, 6) is 0.468. The van der Waals surface area contributed by atoms with Gasteiger partial charge < -0.3 is 15.4 Å². The Labute approximate surface area is 158 Å². The van der Waals surface area contributed by atoms with Gasteiger partial charge in [0.05, 0.1) is 15.7 Å². The van der Waals surface area contributed by atoms with Crippen molar-refractivity contribution in [1.29, 1.82) is 0 Å². The second-order valence-electron chi connectivity index (χ2n) is 6.58. The summed E-state index contributed by atoms with van der Waals surface area (Å²) in [6.07, 6.45) is 3.32. The highest BCUT2D eigenvalue weighted by Gasteiger charge is 2.28. The summed E-state index contributed by atoms with van der Waals surface area (Å²) in [5, 5.41) is 6.24. The number of amides is 2. The minimum absolute atomic E-state index is 0.145. The fourth-order valence-electron chi connectivity index (χ4n) is 3.06. The molecule has 3 atom stereocenters. The largest absolute Gasteiger partial charge is 0.362 e. The Morgan fingerprint density at radius 3 is 2.64 bits per heavy atom. The van der Waals surface area contributed by atoms with Gasteiger partial charge in [-0.2, -0.15) is 0 Å². The van der Waals surface area contributed by atoms with Crippen molar-refractivity contribution < 1.29 is 14.3 Å². The molecule has 0 heterocycles. The van der Waals surface area contributed by atoms with Crippen molar-refractivity contribution in [3.63, 3.8) is 0 Å². The maximum atomic E-state index is 12.0. The van der Waals surface area contributed by atoms with Crippen LogP contribution in [0.15, 0.2) is 18.2 Å². The number of rotatable bonds is 6. The number of nitrogens with one attached hydrogen (secondary N) is 2. The van der Waals surface area contributed by atoms with E-state index in [2.05, 4.69) is 24.5 Å². The molecule has 1 aliphatic rings. The Kier molecular flexibility index (Phi) is 7.54. The first-order chi connectivity index (χ1) is 11.9. The van der Waals surface area contributed by atoms with Crippen LogP contribution in [0, 0.1) is 11.8 Å². The van der Waals surface area contributed by atoms with Crippen molar-refractivity contribution in [3.05, 3.63) is 28.2 Å². The quantitative estimate of drug-likeness (QED) is 0.778. The van der Waals surface area contributed by atoms with E-state index in [-0.39, 0.29) is 30.2 Å². The molecule has 0 unspecified atom stereocenters. The Balaban J connectivity index is 1.72. The molecule has 2 N–H and O–H groups in total. The van der Waals surface area contributed by atoms with Crippen molar-refractivity contribution >= 4 is 40.7 Å². The predicted molar refractivity (Wildman–Crippen MR) is 100 cm³/mol. The number of hydrogen-bond donors (Lipinski definition) is 2. The topological polar surface area (TPSA) is 67.4 Å². The Bertz CT molecular complexity index is 624. The van der Waals surface area contributed by atoms with Crippen molar-refractivity contribution in [2.24, 2.45) is 11.8 Å². The van der Waals surface area contributed by atoms with Gasteiger partial charge in [-0.1, -0.05) is 56.0 Å². The number of ether oxygens (including phenoxy) is 1. The smallest absolute Gasteiger partial charge is 0.250 e. The van der Waals surface area contributed by atoms with Gasteiger partial charge >= 0.3 is 0 Å². The van der Waals surface area contributed by atoms with E-state index >= 15 is 0 Å². The van der Waals surface area contributed by atoms with Gasteiger partial charge in [0.1, 0.15) is 13.2 Å². The van der Waals surface area contributed by atoms with Gasteiger partial charge in [0, 0.05) is 6.04 Å². The molecule has 1 saturated carbocycles. The average molecular weight is 387 g/mol. The molecule has 25 heavy (non-hydrogen) atoms. The van der Waals surface area contributed by atoms with Crippen LogP contribution in [0.1, 0.15) is 33.1 Å². The van der Waals surface area contributed by atoms with Crippen LogP contribution in [-0.2, 0) is 14.3 Å². The molecule has 0 aromatic heterocycles. The SMILES string of the molecule is C[C@H]1[C@H](C)CCC[C@@H]1NC(=O)COCC(=O)Nc1cccc(Cl)c1Cl. The molecule has 1 aromatic rings. The van der Waals surface area contributed by atoms with E-state index in [1.54, 1.807) is 18.2 Å². The second-order valence-corrected chi connectivity index (χ2v) is 7.37. The predicted octanol–water partition coefficient (Wildman–Crippen LogP) is 3.89. The number of halogens is 2. The third kappa shape index (κ3) is 5.87. The molecule has 138 valence electrons. The van der Waals surface area contributed by atoms with Crippen LogP contribution >= 0.6 is 23.2 Å². The van der Waals surface area contributed by atoms with E-state index in [1.165, 1.54) is 6.42 Å². The molecule has 1 aliphatic carbocycles. The summed E-state index contributed by atoms with van der Waals surface area (Å²) in [6, 6.07) is 5.14. The summed E-state index contributed by atoms with van der Waals surface area (Å²) in [6.45, 7) is 4.00. The molecular formula is C18H24Cl2N2O3. The molecule has 0 bridgehead atoms. The van der Waals surface area contributed by atoms with Crippen LogP contribution in [0.25, 0.3) is 0 Å². The summed E-state index contributed by atoms with van der Waals surface area (Å²) in [4.78, 5) is 23.9.